The molecule has 14 nitrogen and oxygen atoms in total. The molecule has 0 atom stereocenters. The molecule has 116 valence electrons. The van der Waals surface area contributed by atoms with Gasteiger partial charge in [-0.25, -0.2) is 0 Å². The van der Waals surface area contributed by atoms with Crippen LogP contribution in [0.4, 0.5) is 0 Å². The Kier molecular flexibility index (Phi) is 35.3. The Morgan fingerprint density at radius 3 is 0.800 bits per heavy atom. The normalized spacial score (nSPS) is 6.50. The van der Waals surface area contributed by atoms with Crippen LogP contribution in [0.3, 0.4) is 0 Å². The van der Waals surface area contributed by atoms with Crippen LogP contribution in [0.15, 0.2) is 0 Å². The van der Waals surface area contributed by atoms with Crippen LogP contribution in [-0.2, 0) is 9.59 Å². The van der Waals surface area contributed by atoms with E-state index in [1.807, 2.05) is 0 Å². The van der Waals surface area contributed by atoms with Crippen LogP contribution in [0.25, 0.3) is 0 Å². The van der Waals surface area contributed by atoms with Gasteiger partial charge in [0.25, 0.3) is 0 Å². The van der Waals surface area contributed by atoms with Gasteiger partial charge in [0.2, 0.25) is 0 Å². The molecule has 0 aromatic carbocycles. The Morgan fingerprint density at radius 2 is 0.800 bits per heavy atom. The van der Waals surface area contributed by atoms with E-state index in [0.29, 0.717) is 0 Å². The van der Waals surface area contributed by atoms with E-state index in [2.05, 4.69) is 0 Å². The molecule has 0 aliphatic carbocycles. The Bertz CT molecular complexity index is 267. The van der Waals surface area contributed by atoms with Crippen molar-refractivity contribution in [3.8, 4) is 0 Å². The molecular formula is C5H8EuN3O11. The second-order valence-electron chi connectivity index (χ2n) is 2.25. The third-order valence-corrected chi connectivity index (χ3v) is 0.498. The summed E-state index contributed by atoms with van der Waals surface area (Å²) in [6, 6.07) is 0. The Morgan fingerprint density at radius 1 is 0.700 bits per heavy atom. The number of carbonyl (C=O) groups excluding carboxylic acids is 2. The Hall–Kier alpha value is -1.48. The topological polar surface area (TPSA) is 233 Å². The Labute approximate surface area is 151 Å². The van der Waals surface area contributed by atoms with E-state index in [9.17, 15) is 9.59 Å². The number of hydrogen-bond donors (Lipinski definition) is 0. The first kappa shape index (κ1) is 31.1. The number of hydrogen-bond acceptors (Lipinski definition) is 11. The number of nitrogens with zero attached hydrogens (tertiary/aromatic N) is 3. The fraction of sp³-hybridized carbons (Fsp3) is 0.600. The van der Waals surface area contributed by atoms with Gasteiger partial charge in [0.15, 0.2) is 0 Å². The fourth-order valence-corrected chi connectivity index (χ4v) is 0.351. The van der Waals surface area contributed by atoms with Gasteiger partial charge in [-0.2, -0.15) is 0 Å². The van der Waals surface area contributed by atoms with Gasteiger partial charge in [-0.15, -0.1) is 0 Å². The third-order valence-electron chi connectivity index (χ3n) is 0.498. The van der Waals surface area contributed by atoms with E-state index in [1.54, 1.807) is 0 Å². The van der Waals surface area contributed by atoms with Crippen LogP contribution in [0, 0.1) is 95.3 Å². The van der Waals surface area contributed by atoms with Gasteiger partial charge < -0.3 is 46.0 Å². The summed E-state index contributed by atoms with van der Waals surface area (Å²) in [5, 5.41) is 44.2. The van der Waals surface area contributed by atoms with Crippen molar-refractivity contribution in [2.75, 3.05) is 0 Å². The zero-order valence-corrected chi connectivity index (χ0v) is 12.3. The minimum atomic E-state index is -1.75. The summed E-state index contributed by atoms with van der Waals surface area (Å²) < 4.78 is 0. The number of ketones is 2. The molecule has 0 fully saturated rings. The first-order chi connectivity index (χ1) is 8.32. The molecule has 0 saturated heterocycles. The van der Waals surface area contributed by atoms with E-state index in [0.717, 1.165) is 0 Å². The zero-order chi connectivity index (χ0) is 16.6. The van der Waals surface area contributed by atoms with Crippen LogP contribution >= 0.6 is 0 Å². The van der Waals surface area contributed by atoms with E-state index < -0.39 is 15.3 Å². The molecule has 15 heteroatoms. The van der Waals surface area contributed by atoms with Crippen molar-refractivity contribution in [1.82, 2.24) is 0 Å². The van der Waals surface area contributed by atoms with Crippen molar-refractivity contribution in [3.63, 3.8) is 0 Å². The summed E-state index contributed by atoms with van der Waals surface area (Å²) >= 11 is 0. The molecule has 0 spiro atoms. The van der Waals surface area contributed by atoms with Gasteiger partial charge in [-0.3, -0.25) is 9.59 Å². The summed E-state index contributed by atoms with van der Waals surface area (Å²) in [5.41, 5.74) is 0. The first-order valence-electron chi connectivity index (χ1n) is 3.76. The minimum absolute atomic E-state index is 0. The van der Waals surface area contributed by atoms with Crippen molar-refractivity contribution in [1.29, 1.82) is 0 Å². The maximum atomic E-state index is 10.0. The summed E-state index contributed by atoms with van der Waals surface area (Å²) in [4.78, 5) is 44.8. The third kappa shape index (κ3) is 625. The maximum absolute atomic E-state index is 10.0. The predicted octanol–water partition coefficient (Wildman–Crippen LogP) is -0.163. The summed E-state index contributed by atoms with van der Waals surface area (Å²) in [5.74, 6) is -0.125. The van der Waals surface area contributed by atoms with Gasteiger partial charge in [0.1, 0.15) is 11.6 Å². The molecule has 0 saturated carbocycles. The van der Waals surface area contributed by atoms with E-state index in [1.165, 1.54) is 13.8 Å². The van der Waals surface area contributed by atoms with Gasteiger partial charge in [0, 0.05) is 0 Å². The molecule has 0 aromatic heterocycles. The second kappa shape index (κ2) is 22.7. The van der Waals surface area contributed by atoms with Crippen molar-refractivity contribution in [2.24, 2.45) is 0 Å². The van der Waals surface area contributed by atoms with Crippen molar-refractivity contribution >= 4 is 11.6 Å². The van der Waals surface area contributed by atoms with Gasteiger partial charge in [-0.1, -0.05) is 0 Å². The van der Waals surface area contributed by atoms with Crippen molar-refractivity contribution in [2.45, 2.75) is 20.3 Å². The van der Waals surface area contributed by atoms with Gasteiger partial charge in [0.05, 0.1) is 21.7 Å². The van der Waals surface area contributed by atoms with Crippen molar-refractivity contribution in [3.05, 3.63) is 46.0 Å². The molecule has 0 aliphatic rings. The molecule has 0 radical (unpaired) electrons. The molecule has 20 heavy (non-hydrogen) atoms. The number of carbonyl (C=O) groups is 2. The van der Waals surface area contributed by atoms with Crippen LogP contribution in [0.1, 0.15) is 20.3 Å². The van der Waals surface area contributed by atoms with E-state index >= 15 is 0 Å². The zero-order valence-electron chi connectivity index (χ0n) is 9.92. The Balaban J connectivity index is -0.0000000512. The van der Waals surface area contributed by atoms with Gasteiger partial charge >= 0.3 is 49.4 Å². The van der Waals surface area contributed by atoms with Gasteiger partial charge in [-0.05, 0) is 13.8 Å². The van der Waals surface area contributed by atoms with Crippen LogP contribution in [0.2, 0.25) is 0 Å². The van der Waals surface area contributed by atoms with Crippen LogP contribution in [0.5, 0.6) is 0 Å². The minimum Gasteiger partial charge on any atom is -0.356 e. The number of rotatable bonds is 2. The quantitative estimate of drug-likeness (QED) is 0.312. The first-order valence-corrected chi connectivity index (χ1v) is 3.76. The molecule has 0 aromatic rings. The number of Topliss-reactive ketones (excluding diaryl/α,β-unsaturated/α-hetero) is 2. The van der Waals surface area contributed by atoms with E-state index in [4.69, 9.17) is 46.0 Å². The standard InChI is InChI=1S/C5H8O2.Eu.3NO3/c1-4(6)3-5(2)7;;3*2-1(3)4/h3H2,1-2H3;;;;/q;+3;3*-1. The average Bonchev–Trinajstić information content (AvgIpc) is 1.95. The molecule has 0 aliphatic heterocycles. The smallest absolute Gasteiger partial charge is 0.356 e. The van der Waals surface area contributed by atoms with E-state index in [-0.39, 0.29) is 67.4 Å². The predicted molar refractivity (Wildman–Crippen MR) is 57.1 cm³/mol. The van der Waals surface area contributed by atoms with Crippen molar-refractivity contribution < 1.29 is 74.2 Å². The molecule has 0 rings (SSSR count). The van der Waals surface area contributed by atoms with Crippen LogP contribution in [-0.4, -0.2) is 26.8 Å². The monoisotopic (exact) mass is 439 g/mol. The van der Waals surface area contributed by atoms with Crippen LogP contribution < -0.4 is 0 Å². The molecule has 0 N–H and O–H groups in total. The maximum Gasteiger partial charge on any atom is 3.00 e. The summed E-state index contributed by atoms with van der Waals surface area (Å²) in [6.07, 6.45) is 0.0833. The molecule has 0 heterocycles. The average molecular weight is 438 g/mol. The summed E-state index contributed by atoms with van der Waals surface area (Å²) in [6.45, 7) is 2.81. The molecule has 0 amide bonds. The summed E-state index contributed by atoms with van der Waals surface area (Å²) in [7, 11) is 0. The largest absolute Gasteiger partial charge is 3.00 e. The molecular weight excluding hydrogens is 430 g/mol. The fourth-order valence-electron chi connectivity index (χ4n) is 0.351. The SMILES string of the molecule is CC(=O)CC(C)=O.O=[N+]([O-])[O-].O=[N+]([O-])[O-].O=[N+]([O-])[O-].[Eu+3]. The molecule has 0 bridgehead atoms. The molecule has 0 unspecified atom stereocenters. The second-order valence-corrected chi connectivity index (χ2v) is 2.25.